The maximum Gasteiger partial charge on any atom is 0.444 e. The summed E-state index contributed by atoms with van der Waals surface area (Å²) in [6.45, 7) is 7.91. The molecule has 0 aliphatic carbocycles. The standard InChI is InChI=1S/C17H25N3O4S2/c1-6-23-16(21)13(2)20(12-15-10-8-7-9-11-15)26-19(4)17(22)24-18-14(3)25-5/h7-11,13,18H,3,6,12H2,1-2,4-5H3/t13-/m1/s1. The van der Waals surface area contributed by atoms with E-state index in [1.807, 2.05) is 36.6 Å². The smallest absolute Gasteiger partial charge is 0.444 e. The van der Waals surface area contributed by atoms with Crippen molar-refractivity contribution in [3.8, 4) is 0 Å². The van der Waals surface area contributed by atoms with Crippen LogP contribution in [0.25, 0.3) is 0 Å². The van der Waals surface area contributed by atoms with Gasteiger partial charge in [0, 0.05) is 25.7 Å². The molecule has 0 saturated heterocycles. The summed E-state index contributed by atoms with van der Waals surface area (Å²) in [4.78, 5) is 29.2. The number of ether oxygens (including phenoxy) is 1. The zero-order valence-electron chi connectivity index (χ0n) is 15.4. The summed E-state index contributed by atoms with van der Waals surface area (Å²) < 4.78 is 8.16. The summed E-state index contributed by atoms with van der Waals surface area (Å²) in [6.07, 6.45) is 1.20. The number of nitrogens with zero attached hydrogens (tertiary/aromatic N) is 2. The van der Waals surface area contributed by atoms with Gasteiger partial charge in [0.15, 0.2) is 0 Å². The lowest BCUT2D eigenvalue weighted by molar-refractivity contribution is -0.147. The first-order valence-electron chi connectivity index (χ1n) is 7.97. The summed E-state index contributed by atoms with van der Waals surface area (Å²) in [5, 5.41) is 0.512. The average molecular weight is 400 g/mol. The molecular formula is C17H25N3O4S2. The van der Waals surface area contributed by atoms with Gasteiger partial charge in [0.25, 0.3) is 0 Å². The van der Waals surface area contributed by atoms with Crippen LogP contribution in [0.15, 0.2) is 41.9 Å². The van der Waals surface area contributed by atoms with Gasteiger partial charge in [0.05, 0.1) is 11.6 Å². The number of benzene rings is 1. The van der Waals surface area contributed by atoms with E-state index in [4.69, 9.17) is 9.57 Å². The van der Waals surface area contributed by atoms with Crippen LogP contribution in [0.1, 0.15) is 19.4 Å². The number of nitrogens with one attached hydrogen (secondary N) is 1. The summed E-state index contributed by atoms with van der Waals surface area (Å²) in [5.41, 5.74) is 3.47. The van der Waals surface area contributed by atoms with E-state index in [-0.39, 0.29) is 5.97 Å². The fraction of sp³-hybridized carbons (Fsp3) is 0.412. The van der Waals surface area contributed by atoms with Gasteiger partial charge in [-0.15, -0.1) is 11.8 Å². The van der Waals surface area contributed by atoms with E-state index in [0.29, 0.717) is 18.2 Å². The second-order valence-corrected chi connectivity index (χ2v) is 7.25. The summed E-state index contributed by atoms with van der Waals surface area (Å²) >= 11 is 2.41. The number of hydroxylamine groups is 1. The molecule has 0 unspecified atom stereocenters. The van der Waals surface area contributed by atoms with Gasteiger partial charge in [-0.1, -0.05) is 36.9 Å². The van der Waals surface area contributed by atoms with Gasteiger partial charge in [-0.25, -0.2) is 18.9 Å². The fourth-order valence-corrected chi connectivity index (χ4v) is 2.76. The Labute approximate surface area is 163 Å². The van der Waals surface area contributed by atoms with Crippen molar-refractivity contribution in [3.63, 3.8) is 0 Å². The summed E-state index contributed by atoms with van der Waals surface area (Å²) in [6, 6.07) is 9.11. The Morgan fingerprint density at radius 2 is 1.96 bits per heavy atom. The van der Waals surface area contributed by atoms with E-state index in [2.05, 4.69) is 12.1 Å². The molecule has 1 aromatic carbocycles. The zero-order valence-corrected chi connectivity index (χ0v) is 17.1. The molecule has 26 heavy (non-hydrogen) atoms. The maximum atomic E-state index is 12.1. The molecule has 1 rings (SSSR count). The number of hydrogen-bond acceptors (Lipinski definition) is 8. The molecule has 0 aliphatic rings. The largest absolute Gasteiger partial charge is 0.465 e. The first-order valence-corrected chi connectivity index (χ1v) is 9.93. The van der Waals surface area contributed by atoms with Crippen molar-refractivity contribution in [1.82, 2.24) is 14.1 Å². The van der Waals surface area contributed by atoms with Crippen LogP contribution in [0, 0.1) is 0 Å². The SMILES string of the molecule is C=C(NOC(=O)N(C)SN(Cc1ccccc1)[C@H](C)C(=O)OCC)SC. The Hall–Kier alpha value is -1.84. The molecule has 0 spiro atoms. The van der Waals surface area contributed by atoms with Crippen LogP contribution in [0.3, 0.4) is 0 Å². The minimum absolute atomic E-state index is 0.297. The Morgan fingerprint density at radius 3 is 2.54 bits per heavy atom. The Balaban J connectivity index is 2.78. The van der Waals surface area contributed by atoms with Crippen LogP contribution in [0.2, 0.25) is 0 Å². The minimum atomic E-state index is -0.612. The highest BCUT2D eigenvalue weighted by molar-refractivity contribution is 8.02. The van der Waals surface area contributed by atoms with Crippen molar-refractivity contribution in [2.45, 2.75) is 26.4 Å². The first-order chi connectivity index (χ1) is 12.4. The van der Waals surface area contributed by atoms with Crippen molar-refractivity contribution in [1.29, 1.82) is 0 Å². The third-order valence-corrected chi connectivity index (χ3v) is 4.85. The molecule has 7 nitrogen and oxygen atoms in total. The van der Waals surface area contributed by atoms with Crippen LogP contribution in [0.4, 0.5) is 4.79 Å². The van der Waals surface area contributed by atoms with Crippen molar-refractivity contribution in [2.75, 3.05) is 19.9 Å². The van der Waals surface area contributed by atoms with Gasteiger partial charge >= 0.3 is 12.1 Å². The molecule has 0 aliphatic heterocycles. The zero-order chi connectivity index (χ0) is 19.5. The number of esters is 1. The molecule has 0 radical (unpaired) electrons. The lowest BCUT2D eigenvalue weighted by Gasteiger charge is -2.29. The second-order valence-electron chi connectivity index (χ2n) is 5.17. The third kappa shape index (κ3) is 7.59. The molecule has 144 valence electrons. The van der Waals surface area contributed by atoms with Gasteiger partial charge in [0.1, 0.15) is 6.04 Å². The van der Waals surface area contributed by atoms with Gasteiger partial charge in [-0.2, -0.15) is 0 Å². The number of amides is 1. The van der Waals surface area contributed by atoms with Gasteiger partial charge in [-0.05, 0) is 25.7 Å². The van der Waals surface area contributed by atoms with E-state index < -0.39 is 12.1 Å². The molecule has 0 fully saturated rings. The van der Waals surface area contributed by atoms with Crippen molar-refractivity contribution >= 4 is 36.0 Å². The minimum Gasteiger partial charge on any atom is -0.465 e. The lowest BCUT2D eigenvalue weighted by Crippen LogP contribution is -2.39. The molecule has 1 amide bonds. The van der Waals surface area contributed by atoms with Gasteiger partial charge in [-0.3, -0.25) is 4.79 Å². The Kier molecular flexibility index (Phi) is 10.0. The highest BCUT2D eigenvalue weighted by atomic mass is 32.2. The average Bonchev–Trinajstić information content (AvgIpc) is 2.65. The summed E-state index contributed by atoms with van der Waals surface area (Å²) in [5.74, 6) is -0.355. The predicted octanol–water partition coefficient (Wildman–Crippen LogP) is 3.41. The number of thioether (sulfide) groups is 1. The molecule has 9 heteroatoms. The van der Waals surface area contributed by atoms with E-state index in [1.54, 1.807) is 25.2 Å². The van der Waals surface area contributed by atoms with E-state index in [9.17, 15) is 9.59 Å². The van der Waals surface area contributed by atoms with E-state index in [0.717, 1.165) is 17.7 Å². The molecule has 0 saturated carbocycles. The Bertz CT molecular complexity index is 601. The molecule has 1 aromatic rings. The fourth-order valence-electron chi connectivity index (χ4n) is 1.78. The van der Waals surface area contributed by atoms with Crippen LogP contribution in [-0.2, 0) is 20.9 Å². The highest BCUT2D eigenvalue weighted by Gasteiger charge is 2.27. The van der Waals surface area contributed by atoms with Crippen LogP contribution < -0.4 is 5.48 Å². The lowest BCUT2D eigenvalue weighted by atomic mass is 10.2. The third-order valence-electron chi connectivity index (χ3n) is 3.22. The molecule has 0 bridgehead atoms. The quantitative estimate of drug-likeness (QED) is 0.365. The molecule has 1 atom stereocenters. The number of rotatable bonds is 10. The Morgan fingerprint density at radius 1 is 1.31 bits per heavy atom. The topological polar surface area (TPSA) is 71.1 Å². The number of carbonyl (C=O) groups is 2. The molecule has 1 N–H and O–H groups in total. The van der Waals surface area contributed by atoms with Crippen LogP contribution in [-0.4, -0.2) is 46.6 Å². The predicted molar refractivity (Wildman–Crippen MR) is 106 cm³/mol. The van der Waals surface area contributed by atoms with Crippen molar-refractivity contribution in [2.24, 2.45) is 0 Å². The van der Waals surface area contributed by atoms with E-state index >= 15 is 0 Å². The molecular weight excluding hydrogens is 374 g/mol. The maximum absolute atomic E-state index is 12.1. The van der Waals surface area contributed by atoms with Gasteiger partial charge in [0.2, 0.25) is 0 Å². The summed E-state index contributed by atoms with van der Waals surface area (Å²) in [7, 11) is 1.56. The van der Waals surface area contributed by atoms with E-state index in [1.165, 1.54) is 16.1 Å². The monoisotopic (exact) mass is 399 g/mol. The number of carbonyl (C=O) groups excluding carboxylic acids is 2. The van der Waals surface area contributed by atoms with Crippen LogP contribution >= 0.6 is 23.9 Å². The van der Waals surface area contributed by atoms with Crippen molar-refractivity contribution < 1.29 is 19.2 Å². The van der Waals surface area contributed by atoms with Crippen LogP contribution in [0.5, 0.6) is 0 Å². The van der Waals surface area contributed by atoms with Gasteiger partial charge < -0.3 is 9.57 Å². The second kappa shape index (κ2) is 11.7. The molecule has 0 aromatic heterocycles. The molecule has 0 heterocycles. The first kappa shape index (κ1) is 22.2. The normalized spacial score (nSPS) is 11.6. The number of hydrogen-bond donors (Lipinski definition) is 1. The highest BCUT2D eigenvalue weighted by Crippen LogP contribution is 2.23. The van der Waals surface area contributed by atoms with Crippen molar-refractivity contribution in [3.05, 3.63) is 47.5 Å².